The van der Waals surface area contributed by atoms with E-state index in [2.05, 4.69) is 60.3 Å². The van der Waals surface area contributed by atoms with Gasteiger partial charge in [-0.15, -0.1) is 0 Å². The predicted octanol–water partition coefficient (Wildman–Crippen LogP) is 4.69. The summed E-state index contributed by atoms with van der Waals surface area (Å²) in [6.07, 6.45) is 4.97. The van der Waals surface area contributed by atoms with Crippen LogP contribution in [0.2, 0.25) is 0 Å². The molecule has 0 fully saturated rings. The summed E-state index contributed by atoms with van der Waals surface area (Å²) < 4.78 is 0. The van der Waals surface area contributed by atoms with Crippen LogP contribution in [-0.2, 0) is 5.41 Å². The van der Waals surface area contributed by atoms with Crippen molar-refractivity contribution in [1.29, 1.82) is 0 Å². The molecule has 0 saturated heterocycles. The van der Waals surface area contributed by atoms with Gasteiger partial charge in [0.25, 0.3) is 5.91 Å². The molecule has 0 aliphatic rings. The van der Waals surface area contributed by atoms with Crippen LogP contribution in [0.3, 0.4) is 0 Å². The number of aromatic nitrogens is 2. The summed E-state index contributed by atoms with van der Waals surface area (Å²) in [6.45, 7) is 6.56. The smallest absolute Gasteiger partial charge is 0.258 e. The van der Waals surface area contributed by atoms with Crippen LogP contribution in [0.5, 0.6) is 0 Å². The van der Waals surface area contributed by atoms with Crippen LogP contribution in [0.4, 0.5) is 5.82 Å². The molecule has 0 unspecified atom stereocenters. The van der Waals surface area contributed by atoms with Gasteiger partial charge in [-0.2, -0.15) is 0 Å². The van der Waals surface area contributed by atoms with Crippen molar-refractivity contribution < 1.29 is 4.79 Å². The van der Waals surface area contributed by atoms with Crippen LogP contribution < -0.4 is 5.32 Å². The van der Waals surface area contributed by atoms with Crippen molar-refractivity contribution in [1.82, 2.24) is 9.97 Å². The molecule has 1 N–H and O–H groups in total. The normalized spacial score (nSPS) is 11.2. The number of amides is 1. The van der Waals surface area contributed by atoms with Crippen LogP contribution in [0.1, 0.15) is 36.7 Å². The third-order valence-electron chi connectivity index (χ3n) is 3.99. The Morgan fingerprint density at radius 2 is 1.72 bits per heavy atom. The second-order valence-corrected chi connectivity index (χ2v) is 6.96. The lowest BCUT2D eigenvalue weighted by Gasteiger charge is -2.19. The Hall–Kier alpha value is -3.01. The number of carbonyl (C=O) groups is 1. The minimum atomic E-state index is -0.223. The van der Waals surface area contributed by atoms with E-state index in [0.29, 0.717) is 11.4 Å². The van der Waals surface area contributed by atoms with E-state index in [0.717, 1.165) is 11.1 Å². The van der Waals surface area contributed by atoms with Crippen LogP contribution in [-0.4, -0.2) is 15.9 Å². The van der Waals surface area contributed by atoms with Crippen molar-refractivity contribution in [2.24, 2.45) is 0 Å². The number of benzene rings is 1. The third-order valence-corrected chi connectivity index (χ3v) is 3.99. The molecule has 0 aliphatic heterocycles. The van der Waals surface area contributed by atoms with Crippen LogP contribution >= 0.6 is 0 Å². The van der Waals surface area contributed by atoms with Gasteiger partial charge in [0.05, 0.1) is 5.56 Å². The Morgan fingerprint density at radius 3 is 2.36 bits per heavy atom. The average molecular weight is 331 g/mol. The highest BCUT2D eigenvalue weighted by atomic mass is 16.1. The molecule has 3 rings (SSSR count). The number of pyridine rings is 2. The SMILES string of the molecule is CC(C)(C)c1ccc(-c2cncc(C(=O)Nc3ccccn3)c2)cc1. The largest absolute Gasteiger partial charge is 0.307 e. The van der Waals surface area contributed by atoms with Crippen molar-refractivity contribution >= 4 is 11.7 Å². The number of rotatable bonds is 3. The van der Waals surface area contributed by atoms with E-state index in [1.54, 1.807) is 30.7 Å². The number of nitrogens with zero attached hydrogens (tertiary/aromatic N) is 2. The van der Waals surface area contributed by atoms with Crippen LogP contribution in [0.25, 0.3) is 11.1 Å². The summed E-state index contributed by atoms with van der Waals surface area (Å²) in [5, 5.41) is 2.78. The lowest BCUT2D eigenvalue weighted by molar-refractivity contribution is 0.102. The average Bonchev–Trinajstić information content (AvgIpc) is 2.62. The highest BCUT2D eigenvalue weighted by Gasteiger charge is 2.14. The molecule has 1 amide bonds. The van der Waals surface area contributed by atoms with E-state index in [9.17, 15) is 4.79 Å². The summed E-state index contributed by atoms with van der Waals surface area (Å²) in [5.74, 6) is 0.298. The van der Waals surface area contributed by atoms with E-state index < -0.39 is 0 Å². The highest BCUT2D eigenvalue weighted by molar-refractivity contribution is 6.04. The molecule has 3 aromatic rings. The molecule has 4 nitrogen and oxygen atoms in total. The Labute approximate surface area is 148 Å². The fraction of sp³-hybridized carbons (Fsp3) is 0.190. The Kier molecular flexibility index (Phi) is 4.61. The van der Waals surface area contributed by atoms with Crippen LogP contribution in [0.15, 0.2) is 67.1 Å². The van der Waals surface area contributed by atoms with Gasteiger partial charge >= 0.3 is 0 Å². The van der Waals surface area contributed by atoms with Gasteiger partial charge < -0.3 is 5.32 Å². The molecule has 0 radical (unpaired) electrons. The Balaban J connectivity index is 1.83. The van der Waals surface area contributed by atoms with Gasteiger partial charge in [0, 0.05) is 24.2 Å². The molecule has 0 atom stereocenters. The van der Waals surface area contributed by atoms with E-state index in [4.69, 9.17) is 0 Å². The maximum absolute atomic E-state index is 12.4. The van der Waals surface area contributed by atoms with Gasteiger partial charge in [-0.1, -0.05) is 51.1 Å². The number of carbonyl (C=O) groups excluding carboxylic acids is 1. The number of nitrogens with one attached hydrogen (secondary N) is 1. The quantitative estimate of drug-likeness (QED) is 0.757. The van der Waals surface area contributed by atoms with Crippen molar-refractivity contribution in [2.75, 3.05) is 5.32 Å². The first kappa shape index (κ1) is 16.8. The van der Waals surface area contributed by atoms with E-state index >= 15 is 0 Å². The maximum Gasteiger partial charge on any atom is 0.258 e. The number of hydrogen-bond acceptors (Lipinski definition) is 3. The predicted molar refractivity (Wildman–Crippen MR) is 101 cm³/mol. The fourth-order valence-corrected chi connectivity index (χ4v) is 2.51. The molecule has 1 aromatic carbocycles. The zero-order chi connectivity index (χ0) is 17.9. The molecule has 2 heterocycles. The van der Waals surface area contributed by atoms with Crippen LogP contribution in [0, 0.1) is 0 Å². The van der Waals surface area contributed by atoms with Crippen molar-refractivity contribution in [2.45, 2.75) is 26.2 Å². The van der Waals surface area contributed by atoms with E-state index in [1.807, 2.05) is 12.1 Å². The van der Waals surface area contributed by atoms with Gasteiger partial charge in [-0.25, -0.2) is 4.98 Å². The number of anilines is 1. The van der Waals surface area contributed by atoms with Gasteiger partial charge in [-0.05, 0) is 34.7 Å². The minimum Gasteiger partial charge on any atom is -0.307 e. The molecule has 0 aliphatic carbocycles. The first-order valence-corrected chi connectivity index (χ1v) is 8.22. The molecule has 25 heavy (non-hydrogen) atoms. The monoisotopic (exact) mass is 331 g/mol. The molecule has 0 bridgehead atoms. The lowest BCUT2D eigenvalue weighted by Crippen LogP contribution is -2.13. The summed E-state index contributed by atoms with van der Waals surface area (Å²) in [4.78, 5) is 20.7. The van der Waals surface area contributed by atoms with Crippen molar-refractivity contribution in [3.8, 4) is 11.1 Å². The van der Waals surface area contributed by atoms with Gasteiger partial charge in [0.15, 0.2) is 0 Å². The number of hydrogen-bond donors (Lipinski definition) is 1. The summed E-state index contributed by atoms with van der Waals surface area (Å²) in [6, 6.07) is 15.6. The molecule has 0 spiro atoms. The zero-order valence-corrected chi connectivity index (χ0v) is 14.7. The van der Waals surface area contributed by atoms with E-state index in [-0.39, 0.29) is 11.3 Å². The van der Waals surface area contributed by atoms with Gasteiger partial charge in [0.1, 0.15) is 5.82 Å². The maximum atomic E-state index is 12.4. The Bertz CT molecular complexity index is 866. The molecular weight excluding hydrogens is 310 g/mol. The fourth-order valence-electron chi connectivity index (χ4n) is 2.51. The second kappa shape index (κ2) is 6.85. The minimum absolute atomic E-state index is 0.112. The summed E-state index contributed by atoms with van der Waals surface area (Å²) in [7, 11) is 0. The zero-order valence-electron chi connectivity index (χ0n) is 14.7. The lowest BCUT2D eigenvalue weighted by atomic mass is 9.86. The second-order valence-electron chi connectivity index (χ2n) is 6.96. The highest BCUT2D eigenvalue weighted by Crippen LogP contribution is 2.26. The van der Waals surface area contributed by atoms with Gasteiger partial charge in [0.2, 0.25) is 0 Å². The molecule has 0 saturated carbocycles. The first-order valence-electron chi connectivity index (χ1n) is 8.22. The topological polar surface area (TPSA) is 54.9 Å². The molecule has 2 aromatic heterocycles. The van der Waals surface area contributed by atoms with Crippen molar-refractivity contribution in [3.05, 3.63) is 78.2 Å². The third kappa shape index (κ3) is 4.10. The molecular formula is C21H21N3O. The summed E-state index contributed by atoms with van der Waals surface area (Å²) >= 11 is 0. The summed E-state index contributed by atoms with van der Waals surface area (Å²) in [5.41, 5.74) is 3.83. The van der Waals surface area contributed by atoms with Gasteiger partial charge in [-0.3, -0.25) is 9.78 Å². The molecule has 126 valence electrons. The standard InChI is InChI=1S/C21H21N3O/c1-21(2,3)18-9-7-15(8-10-18)16-12-17(14-22-13-16)20(25)24-19-6-4-5-11-23-19/h4-14H,1-3H3,(H,23,24,25). The van der Waals surface area contributed by atoms with E-state index in [1.165, 1.54) is 5.56 Å². The first-order chi connectivity index (χ1) is 11.9. The Morgan fingerprint density at radius 1 is 0.960 bits per heavy atom. The molecule has 4 heteroatoms. The van der Waals surface area contributed by atoms with Crippen molar-refractivity contribution in [3.63, 3.8) is 0 Å².